The Morgan fingerprint density at radius 1 is 0.522 bits per heavy atom. The molecule has 0 bridgehead atoms. The third kappa shape index (κ3) is 38.1. The Morgan fingerprint density at radius 3 is 1.67 bits per heavy atom. The van der Waals surface area contributed by atoms with Gasteiger partial charge < -0.3 is 112 Å². The largest absolute Gasteiger partial charge is 0.508 e. The van der Waals surface area contributed by atoms with Crippen molar-refractivity contribution in [3.05, 3.63) is 114 Å². The van der Waals surface area contributed by atoms with Gasteiger partial charge in [-0.25, -0.2) is 0 Å². The van der Waals surface area contributed by atoms with Crippen LogP contribution >= 0.6 is 0 Å². The van der Waals surface area contributed by atoms with Crippen molar-refractivity contribution in [2.24, 2.45) is 35.1 Å². The number of allylic oxidation sites excluding steroid dienone is 2. The second kappa shape index (κ2) is 55.9. The van der Waals surface area contributed by atoms with Crippen LogP contribution in [0, 0.1) is 23.7 Å². The van der Waals surface area contributed by atoms with Crippen LogP contribution in [0.1, 0.15) is 217 Å². The van der Waals surface area contributed by atoms with Crippen molar-refractivity contribution in [1.82, 2.24) is 84.7 Å². The van der Waals surface area contributed by atoms with Gasteiger partial charge in [0, 0.05) is 75.1 Å². The third-order valence-electron chi connectivity index (χ3n) is 23.8. The van der Waals surface area contributed by atoms with Gasteiger partial charge in [0.15, 0.2) is 0 Å². The van der Waals surface area contributed by atoms with E-state index in [0.717, 1.165) is 0 Å². The number of carbonyl (C=O) groups excluding carboxylic acids is 19. The van der Waals surface area contributed by atoms with E-state index in [2.05, 4.69) is 84.7 Å². The smallest absolute Gasteiger partial charge is 0.303 e. The average Bonchev–Trinajstić information content (AvgIpc) is 1.72. The Morgan fingerprint density at radius 2 is 1.08 bits per heavy atom. The molecule has 1 aliphatic heterocycles. The number of aromatic nitrogens is 1. The quantitative estimate of drug-likeness (QED) is 0.0216. The lowest BCUT2D eigenvalue weighted by molar-refractivity contribution is -0.140. The molecule has 0 aliphatic carbocycles. The summed E-state index contributed by atoms with van der Waals surface area (Å²) in [6.45, 7) is 21.2. The predicted octanol–water partition coefficient (Wildman–Crippen LogP) is 0.738. The molecule has 1 aromatic heterocycles. The van der Waals surface area contributed by atoms with Crippen molar-refractivity contribution in [1.29, 1.82) is 0 Å². The number of phenolic OH excluding ortho intramolecular Hbond substituents is 1. The highest BCUT2D eigenvalue weighted by Crippen LogP contribution is 2.25. The van der Waals surface area contributed by atoms with Gasteiger partial charge in [0.05, 0.1) is 36.2 Å². The molecule has 4 aromatic rings. The van der Waals surface area contributed by atoms with E-state index in [4.69, 9.17) is 11.5 Å². The van der Waals surface area contributed by atoms with E-state index >= 15 is 28.8 Å². The molecule has 2 heterocycles. The zero-order valence-electron chi connectivity index (χ0n) is 81.4. The van der Waals surface area contributed by atoms with Crippen LogP contribution in [-0.2, 0) is 115 Å². The van der Waals surface area contributed by atoms with Crippen LogP contribution in [0.15, 0.2) is 97.2 Å². The number of nitrogens with one attached hydrogen (secondary N) is 16. The maximum Gasteiger partial charge on any atom is 0.303 e. The number of para-hydroxylation sites is 1. The summed E-state index contributed by atoms with van der Waals surface area (Å²) in [5.74, 6) is -21.6. The molecular formula is C97H142N18O23. The molecule has 41 nitrogen and oxygen atoms in total. The number of carbonyl (C=O) groups is 20. The summed E-state index contributed by atoms with van der Waals surface area (Å²) in [4.78, 5) is 283. The number of amides is 15. The molecule has 758 valence electrons. The number of aliphatic carboxylic acids is 1. The fraction of sp³-hybridized carbons (Fsp3) is 0.567. The summed E-state index contributed by atoms with van der Waals surface area (Å²) in [6.07, 6.45) is 2.88. The van der Waals surface area contributed by atoms with Gasteiger partial charge in [-0.2, -0.15) is 0 Å². The number of H-pyrrole nitrogens is 1. The number of primary amides is 2. The van der Waals surface area contributed by atoms with Crippen molar-refractivity contribution < 1.29 is 111 Å². The predicted molar refractivity (Wildman–Crippen MR) is 510 cm³/mol. The van der Waals surface area contributed by atoms with Gasteiger partial charge >= 0.3 is 5.97 Å². The Bertz CT molecular complexity index is 4960. The first-order valence-corrected chi connectivity index (χ1v) is 46.9. The summed E-state index contributed by atoms with van der Waals surface area (Å²) < 4.78 is 0. The Labute approximate surface area is 803 Å². The number of hydrogen-bond donors (Lipinski definition) is 21. The summed E-state index contributed by atoms with van der Waals surface area (Å²) in [5.41, 5.74) is 8.84. The number of Topliss-reactive ketones (excluding diaryl/α,β-unsaturated/α-hetero) is 4. The zero-order valence-corrected chi connectivity index (χ0v) is 81.4. The number of phenols is 1. The lowest BCUT2D eigenvalue weighted by Gasteiger charge is -2.34. The highest BCUT2D eigenvalue weighted by atomic mass is 16.4. The Kier molecular flexibility index (Phi) is 46.7. The van der Waals surface area contributed by atoms with Gasteiger partial charge in [-0.15, -0.1) is 0 Å². The normalized spacial score (nSPS) is 22.0. The van der Waals surface area contributed by atoms with Gasteiger partial charge in [0.2, 0.25) is 112 Å². The fourth-order valence-electron chi connectivity index (χ4n) is 15.4. The second-order valence-corrected chi connectivity index (χ2v) is 37.1. The summed E-state index contributed by atoms with van der Waals surface area (Å²) in [5, 5.41) is 71.9. The van der Waals surface area contributed by atoms with E-state index < -0.39 is 257 Å². The van der Waals surface area contributed by atoms with Crippen LogP contribution < -0.4 is 91.2 Å². The van der Waals surface area contributed by atoms with Crippen molar-refractivity contribution >= 4 is 129 Å². The number of aliphatic hydroxyl groups is 1. The number of carboxylic acids is 1. The number of rotatable bonds is 39. The monoisotopic (exact) mass is 1930 g/mol. The minimum atomic E-state index is -2.08. The zero-order chi connectivity index (χ0) is 103. The maximum absolute atomic E-state index is 15.6. The molecule has 41 heteroatoms. The number of aliphatic hydroxyl groups excluding tert-OH is 1. The van der Waals surface area contributed by atoms with Crippen molar-refractivity contribution in [3.8, 4) is 5.75 Å². The highest BCUT2D eigenvalue weighted by Gasteiger charge is 2.44. The molecule has 5 rings (SSSR count). The first-order valence-electron chi connectivity index (χ1n) is 46.9. The maximum atomic E-state index is 15.6. The SMILES string of the molecule is CC(=O)N[C@@H](CC(C)C)C(=O)N[C@H](C(=O)N[C@@H](Cc1ccccc1)C(=O)N[C@@]1(C)CCCCCC/C=C/CCC[C@@](C)(C(=O)NC(C)C(=O)N[C@@H](C)C(=O)NC(C)C(=O)N[C@@H](C)C(=O)C(=O)[C@H](C)NC[C@H](C)C(N)=O)NC(=O)[C@H](CC(C)C)CN[C@@H](CCC(N)=O)C(=O)C(=O)C(C)NC(=O)[C@H](Cc2c[nH]c3ccccc23)NC(=O)C(Cc2ccc(O)cc2)NC(=O)[C@H](CCC(=O)O)NC1=O)[C@@H](C)O. The lowest BCUT2D eigenvalue weighted by atomic mass is 9.89. The van der Waals surface area contributed by atoms with Crippen LogP contribution in [0.5, 0.6) is 5.75 Å². The average molecular weight is 1930 g/mol. The first kappa shape index (κ1) is 115. The van der Waals surface area contributed by atoms with E-state index in [1.807, 2.05) is 12.2 Å². The van der Waals surface area contributed by atoms with Crippen LogP contribution in [0.2, 0.25) is 0 Å². The highest BCUT2D eigenvalue weighted by molar-refractivity contribution is 6.41. The molecule has 0 spiro atoms. The number of fused-ring (bicyclic) bond motifs is 1. The van der Waals surface area contributed by atoms with Gasteiger partial charge in [0.25, 0.3) is 0 Å². The topological polar surface area (TPSA) is 650 Å². The molecule has 0 saturated carbocycles. The number of benzene rings is 3. The molecule has 23 N–H and O–H groups in total. The molecular weight excluding hydrogens is 1790 g/mol. The molecule has 1 aliphatic rings. The van der Waals surface area contributed by atoms with Crippen LogP contribution in [0.25, 0.3) is 10.9 Å². The Hall–Kier alpha value is -13.2. The lowest BCUT2D eigenvalue weighted by Crippen LogP contribution is -2.65. The van der Waals surface area contributed by atoms with E-state index in [1.54, 1.807) is 88.5 Å². The number of hydrogen-bond acceptors (Lipinski definition) is 24. The van der Waals surface area contributed by atoms with E-state index in [0.29, 0.717) is 59.7 Å². The second-order valence-electron chi connectivity index (χ2n) is 37.1. The van der Waals surface area contributed by atoms with Gasteiger partial charge in [-0.1, -0.05) is 127 Å². The van der Waals surface area contributed by atoms with E-state index in [9.17, 15) is 82.4 Å². The number of carboxylic acid groups (broad SMARTS) is 1. The molecule has 0 radical (unpaired) electrons. The van der Waals surface area contributed by atoms with Gasteiger partial charge in [0.1, 0.15) is 71.2 Å². The fourth-order valence-corrected chi connectivity index (χ4v) is 15.4. The molecule has 0 saturated heterocycles. The summed E-state index contributed by atoms with van der Waals surface area (Å²) >= 11 is 0. The molecule has 15 amide bonds. The van der Waals surface area contributed by atoms with Crippen molar-refractivity contribution in [2.45, 2.75) is 315 Å². The summed E-state index contributed by atoms with van der Waals surface area (Å²) in [7, 11) is 0. The molecule has 4 unspecified atom stereocenters. The van der Waals surface area contributed by atoms with E-state index in [-0.39, 0.29) is 82.0 Å². The van der Waals surface area contributed by atoms with Crippen LogP contribution in [0.3, 0.4) is 0 Å². The molecule has 3 aromatic carbocycles. The molecule has 0 fully saturated rings. The van der Waals surface area contributed by atoms with Crippen molar-refractivity contribution in [3.63, 3.8) is 0 Å². The Balaban J connectivity index is 1.59. The number of aromatic hydroxyl groups is 1. The number of aromatic amines is 1. The molecule has 18 atom stereocenters. The third-order valence-corrected chi connectivity index (χ3v) is 23.8. The van der Waals surface area contributed by atoms with Gasteiger partial charge in [-0.05, 0) is 173 Å². The first-order chi connectivity index (χ1) is 64.8. The summed E-state index contributed by atoms with van der Waals surface area (Å²) in [6, 6.07) is 1.10. The number of ketones is 4. The molecule has 138 heavy (non-hydrogen) atoms. The minimum absolute atomic E-state index is 0.00428. The minimum Gasteiger partial charge on any atom is -0.508 e. The van der Waals surface area contributed by atoms with Crippen LogP contribution in [-0.4, -0.2) is 247 Å². The number of nitrogens with two attached hydrogens (primary N) is 2. The van der Waals surface area contributed by atoms with Crippen molar-refractivity contribution in [2.75, 3.05) is 13.1 Å². The van der Waals surface area contributed by atoms with E-state index in [1.165, 1.54) is 100 Å². The van der Waals surface area contributed by atoms with Gasteiger partial charge in [-0.3, -0.25) is 95.9 Å². The standard InChI is InChI=1S/C97H142N18O23/c1-52(2)44-66-51-102-70(38-40-76(98)119)82(125)81(124)57(8)104-89(132)75(48-65-50-101-69-33-27-26-32-68(65)69)110-90(133)73(47-64-34-36-67(118)37-35-64)109-88(131)71(39-41-77(120)121)112-95(138)97(15,115-92(135)74(46-63-30-24-23-25-31-63)111-93(136)78(61(12)116)113-91(134)72(45-53(3)4)108-62(13)117)43-29-22-20-18-16-17-19-21-28-42-96(14,114-87(66)130)94(137)107-60(11)86(129)106-59(10)85(128)105-58(9)84(127)103-56(7)80(123)79(122)55(6)100-49-54(5)83(99)126/h17,19,23-27,30-37,50,52-61,66,70-75,78,100-102,116,118H,16,18,20-22,28-29,38-49,51H2,1-15H3,(H2,98,119)(H2,99,126)(H,103,127)(H,104,132)(H,105,128)(H,106,129)(H,107,137)(H,108,117)(H,109,131)(H,110,133)(H,111,136)(H,112,138)(H,113,134)(H,114,130)(H,115,135)(H,120,121)/b19-17+/t54-,55-,56-,57?,58?,59-,60?,61+,66+,70-,71-,72-,73?,74-,75-,78-,96-,97-/m0/s1. The van der Waals surface area contributed by atoms with Crippen LogP contribution in [0.4, 0.5) is 0 Å².